The molecule has 29 heavy (non-hydrogen) atoms. The van der Waals surface area contributed by atoms with E-state index in [9.17, 15) is 14.0 Å². The summed E-state index contributed by atoms with van der Waals surface area (Å²) < 4.78 is 33.8. The molecule has 9 heteroatoms. The molecule has 0 aliphatic rings. The number of methoxy groups -OCH3 is 1. The number of ether oxygens (including phenoxy) is 3. The molecule has 0 aliphatic heterocycles. The Hall–Kier alpha value is -3.75. The van der Waals surface area contributed by atoms with Gasteiger partial charge in [0.2, 0.25) is 11.7 Å². The molecular weight excluding hydrogens is 383 g/mol. The highest BCUT2D eigenvalue weighted by Crippen LogP contribution is 2.18. The lowest BCUT2D eigenvalue weighted by molar-refractivity contribution is 0.0474. The van der Waals surface area contributed by atoms with Gasteiger partial charge in [0.25, 0.3) is 0 Å². The van der Waals surface area contributed by atoms with E-state index >= 15 is 0 Å². The first-order chi connectivity index (χ1) is 14.0. The first kappa shape index (κ1) is 20.0. The summed E-state index contributed by atoms with van der Waals surface area (Å²) >= 11 is 0. The first-order valence-electron chi connectivity index (χ1n) is 8.52. The van der Waals surface area contributed by atoms with Gasteiger partial charge in [0, 0.05) is 12.5 Å². The van der Waals surface area contributed by atoms with Crippen LogP contribution in [0.3, 0.4) is 0 Å². The molecule has 0 bridgehead atoms. The normalized spacial score (nSPS) is 10.4. The highest BCUT2D eigenvalue weighted by Gasteiger charge is 2.14. The van der Waals surface area contributed by atoms with Crippen molar-refractivity contribution in [3.8, 4) is 11.5 Å². The summed E-state index contributed by atoms with van der Waals surface area (Å²) in [5, 5.41) is 3.71. The largest absolute Gasteiger partial charge is 0.494 e. The fourth-order valence-electron chi connectivity index (χ4n) is 2.37. The maximum absolute atomic E-state index is 13.7. The van der Waals surface area contributed by atoms with Gasteiger partial charge in [-0.2, -0.15) is 4.98 Å². The summed E-state index contributed by atoms with van der Waals surface area (Å²) in [5.74, 6) is -0.531. The van der Waals surface area contributed by atoms with Crippen LogP contribution in [0.2, 0.25) is 0 Å². The molecular formula is C20H17FN2O6. The molecule has 2 aromatic carbocycles. The van der Waals surface area contributed by atoms with Gasteiger partial charge in [0.15, 0.2) is 30.6 Å². The summed E-state index contributed by atoms with van der Waals surface area (Å²) in [7, 11) is 1.32. The molecule has 0 saturated carbocycles. The van der Waals surface area contributed by atoms with Crippen molar-refractivity contribution in [3.63, 3.8) is 0 Å². The molecule has 0 saturated heterocycles. The molecule has 0 unspecified atom stereocenters. The third kappa shape index (κ3) is 5.16. The molecule has 0 fully saturated rings. The number of hydrogen-bond donors (Lipinski definition) is 0. The van der Waals surface area contributed by atoms with Crippen LogP contribution in [-0.2, 0) is 11.3 Å². The Balaban J connectivity index is 1.52. The topological polar surface area (TPSA) is 101 Å². The van der Waals surface area contributed by atoms with Crippen LogP contribution in [0.4, 0.5) is 4.39 Å². The Bertz CT molecular complexity index is 1020. The molecule has 0 aliphatic carbocycles. The lowest BCUT2D eigenvalue weighted by atomic mass is 10.1. The summed E-state index contributed by atoms with van der Waals surface area (Å²) in [6.07, 6.45) is 0. The van der Waals surface area contributed by atoms with Crippen LogP contribution in [0.1, 0.15) is 32.4 Å². The van der Waals surface area contributed by atoms with Crippen LogP contribution in [0.5, 0.6) is 11.5 Å². The van der Waals surface area contributed by atoms with E-state index in [1.54, 1.807) is 19.1 Å². The monoisotopic (exact) mass is 400 g/mol. The number of benzene rings is 2. The number of aryl methyl sites for hydroxylation is 1. The number of rotatable bonds is 8. The van der Waals surface area contributed by atoms with Crippen LogP contribution in [0.25, 0.3) is 0 Å². The Labute approximate surface area is 165 Å². The fraction of sp³-hybridized carbons (Fsp3) is 0.200. The van der Waals surface area contributed by atoms with Gasteiger partial charge in [-0.1, -0.05) is 5.16 Å². The molecule has 8 nitrogen and oxygen atoms in total. The average molecular weight is 400 g/mol. The van der Waals surface area contributed by atoms with E-state index < -0.39 is 24.2 Å². The third-order valence-corrected chi connectivity index (χ3v) is 3.84. The smallest absolute Gasteiger partial charge is 0.338 e. The number of esters is 1. The number of halogens is 1. The summed E-state index contributed by atoms with van der Waals surface area (Å²) in [6.45, 7) is 1.28. The van der Waals surface area contributed by atoms with Crippen molar-refractivity contribution in [2.75, 3.05) is 13.7 Å². The predicted molar refractivity (Wildman–Crippen MR) is 97.4 cm³/mol. The minimum atomic E-state index is -0.687. The zero-order valence-corrected chi connectivity index (χ0v) is 15.7. The number of carbonyl (C=O) groups excluding carboxylic acids is 2. The van der Waals surface area contributed by atoms with E-state index in [1.807, 2.05) is 0 Å². The second-order valence-corrected chi connectivity index (χ2v) is 5.89. The van der Waals surface area contributed by atoms with Crippen molar-refractivity contribution >= 4 is 11.8 Å². The Morgan fingerprint density at radius 1 is 1.10 bits per heavy atom. The second-order valence-electron chi connectivity index (χ2n) is 5.89. The molecule has 0 N–H and O–H groups in total. The fourth-order valence-corrected chi connectivity index (χ4v) is 2.37. The van der Waals surface area contributed by atoms with Gasteiger partial charge >= 0.3 is 5.97 Å². The minimum Gasteiger partial charge on any atom is -0.494 e. The molecule has 1 heterocycles. The number of ketones is 1. The number of carbonyl (C=O) groups is 2. The number of aromatic nitrogens is 2. The molecule has 150 valence electrons. The van der Waals surface area contributed by atoms with Gasteiger partial charge in [0.05, 0.1) is 12.7 Å². The maximum Gasteiger partial charge on any atom is 0.338 e. The van der Waals surface area contributed by atoms with Crippen molar-refractivity contribution in [1.29, 1.82) is 0 Å². The van der Waals surface area contributed by atoms with Gasteiger partial charge in [0.1, 0.15) is 5.75 Å². The van der Waals surface area contributed by atoms with E-state index in [4.69, 9.17) is 18.7 Å². The summed E-state index contributed by atoms with van der Waals surface area (Å²) in [4.78, 5) is 28.2. The van der Waals surface area contributed by atoms with Crippen molar-refractivity contribution < 1.29 is 32.7 Å². The van der Waals surface area contributed by atoms with Crippen molar-refractivity contribution in [2.24, 2.45) is 0 Å². The van der Waals surface area contributed by atoms with Crippen LogP contribution in [-0.4, -0.2) is 35.6 Å². The number of nitrogens with zero attached hydrogens (tertiary/aromatic N) is 2. The summed E-state index contributed by atoms with van der Waals surface area (Å²) in [5.41, 5.74) is 0.318. The van der Waals surface area contributed by atoms with E-state index in [0.717, 1.165) is 6.07 Å². The zero-order valence-electron chi connectivity index (χ0n) is 15.7. The molecule has 0 amide bonds. The molecule has 3 rings (SSSR count). The Morgan fingerprint density at radius 2 is 1.83 bits per heavy atom. The van der Waals surface area contributed by atoms with E-state index in [2.05, 4.69) is 10.1 Å². The minimum absolute atomic E-state index is 0.0234. The van der Waals surface area contributed by atoms with Crippen LogP contribution >= 0.6 is 0 Å². The van der Waals surface area contributed by atoms with Crippen LogP contribution in [0, 0.1) is 12.7 Å². The van der Waals surface area contributed by atoms with Crippen LogP contribution < -0.4 is 9.47 Å². The first-order valence-corrected chi connectivity index (χ1v) is 8.52. The van der Waals surface area contributed by atoms with Gasteiger partial charge in [-0.15, -0.1) is 0 Å². The quantitative estimate of drug-likeness (QED) is 0.420. The maximum atomic E-state index is 13.7. The molecule has 0 atom stereocenters. The van der Waals surface area contributed by atoms with Crippen molar-refractivity contribution in [3.05, 3.63) is 71.1 Å². The number of hydrogen-bond acceptors (Lipinski definition) is 8. The SMILES string of the molecule is COc1ccc(C(=O)COC(=O)c2ccc(OCc3noc(C)n3)cc2)cc1F. The average Bonchev–Trinajstić information content (AvgIpc) is 3.15. The second kappa shape index (κ2) is 8.96. The van der Waals surface area contributed by atoms with Crippen molar-refractivity contribution in [1.82, 2.24) is 10.1 Å². The highest BCUT2D eigenvalue weighted by atomic mass is 19.1. The van der Waals surface area contributed by atoms with E-state index in [-0.39, 0.29) is 23.5 Å². The highest BCUT2D eigenvalue weighted by molar-refractivity contribution is 5.99. The predicted octanol–water partition coefficient (Wildman–Crippen LogP) is 3.14. The zero-order chi connectivity index (χ0) is 20.8. The Kier molecular flexibility index (Phi) is 6.18. The Morgan fingerprint density at radius 3 is 2.45 bits per heavy atom. The number of Topliss-reactive ketones (excluding diaryl/α,β-unsaturated/α-hetero) is 1. The standard InChI is InChI=1S/C20H17FN2O6/c1-12-22-19(23-29-12)11-27-15-6-3-13(4-7-15)20(25)28-10-17(24)14-5-8-18(26-2)16(21)9-14/h3-9H,10-11H2,1-2H3. The third-order valence-electron chi connectivity index (χ3n) is 3.84. The van der Waals surface area contributed by atoms with Crippen molar-refractivity contribution in [2.45, 2.75) is 13.5 Å². The molecule has 0 spiro atoms. The van der Waals surface area contributed by atoms with Gasteiger partial charge in [-0.05, 0) is 42.5 Å². The molecule has 0 radical (unpaired) electrons. The van der Waals surface area contributed by atoms with Gasteiger partial charge in [-0.3, -0.25) is 4.79 Å². The lowest BCUT2D eigenvalue weighted by Crippen LogP contribution is -2.14. The van der Waals surface area contributed by atoms with Crippen LogP contribution in [0.15, 0.2) is 47.0 Å². The van der Waals surface area contributed by atoms with E-state index in [1.165, 1.54) is 31.4 Å². The summed E-state index contributed by atoms with van der Waals surface area (Å²) in [6, 6.07) is 9.91. The molecule has 1 aromatic heterocycles. The van der Waals surface area contributed by atoms with Gasteiger partial charge < -0.3 is 18.7 Å². The molecule has 3 aromatic rings. The lowest BCUT2D eigenvalue weighted by Gasteiger charge is -2.07. The van der Waals surface area contributed by atoms with Gasteiger partial charge in [-0.25, -0.2) is 9.18 Å². The van der Waals surface area contributed by atoms with E-state index in [0.29, 0.717) is 17.5 Å².